The Labute approximate surface area is 197 Å². The van der Waals surface area contributed by atoms with Crippen LogP contribution in [0, 0.1) is 0 Å². The second kappa shape index (κ2) is 9.66. The summed E-state index contributed by atoms with van der Waals surface area (Å²) >= 11 is 0. The Morgan fingerprint density at radius 3 is 2.15 bits per heavy atom. The van der Waals surface area contributed by atoms with E-state index in [0.717, 1.165) is 16.9 Å². The summed E-state index contributed by atoms with van der Waals surface area (Å²) in [5, 5.41) is 4.37. The summed E-state index contributed by atoms with van der Waals surface area (Å²) in [6.45, 7) is 2.00. The van der Waals surface area contributed by atoms with Gasteiger partial charge in [0.1, 0.15) is 5.75 Å². The quantitative estimate of drug-likeness (QED) is 0.441. The molecule has 1 aliphatic heterocycles. The number of piperazine rings is 1. The number of amides is 2. The molecule has 0 aliphatic carbocycles. The number of carbonyl (C=O) groups is 2. The highest BCUT2D eigenvalue weighted by molar-refractivity contribution is 5.93. The number of furan rings is 1. The van der Waals surface area contributed by atoms with Crippen molar-refractivity contribution in [2.24, 2.45) is 0 Å². The van der Waals surface area contributed by atoms with Crippen LogP contribution < -0.4 is 4.74 Å². The van der Waals surface area contributed by atoms with E-state index in [2.05, 4.69) is 17.2 Å². The zero-order valence-electron chi connectivity index (χ0n) is 18.5. The first-order valence-electron chi connectivity index (χ1n) is 11.1. The Hall–Kier alpha value is -4.33. The molecule has 0 saturated carbocycles. The summed E-state index contributed by atoms with van der Waals surface area (Å²) < 4.78 is 12.6. The molecule has 0 atom stereocenters. The molecule has 172 valence electrons. The van der Waals surface area contributed by atoms with Gasteiger partial charge in [-0.3, -0.25) is 9.59 Å². The van der Waals surface area contributed by atoms with E-state index in [0.29, 0.717) is 37.6 Å². The third-order valence-corrected chi connectivity index (χ3v) is 5.77. The molecular weight excluding hydrogens is 432 g/mol. The molecule has 2 aromatic carbocycles. The van der Waals surface area contributed by atoms with Crippen LogP contribution in [-0.2, 0) is 6.73 Å². The van der Waals surface area contributed by atoms with Crippen molar-refractivity contribution in [1.82, 2.24) is 19.6 Å². The van der Waals surface area contributed by atoms with Gasteiger partial charge >= 0.3 is 0 Å². The minimum absolute atomic E-state index is 0.156. The van der Waals surface area contributed by atoms with Gasteiger partial charge in [-0.25, -0.2) is 4.68 Å². The van der Waals surface area contributed by atoms with E-state index in [-0.39, 0.29) is 18.5 Å². The SMILES string of the molecule is O=C(c1ccn(COc2ccc(-c3ccccc3)cc2)n1)N1CCN(C(=O)c2ccco2)CC1. The maximum absolute atomic E-state index is 12.9. The van der Waals surface area contributed by atoms with E-state index in [1.54, 1.807) is 38.9 Å². The van der Waals surface area contributed by atoms with Gasteiger partial charge in [-0.15, -0.1) is 0 Å². The summed E-state index contributed by atoms with van der Waals surface area (Å²) in [7, 11) is 0. The largest absolute Gasteiger partial charge is 0.471 e. The molecule has 8 nitrogen and oxygen atoms in total. The van der Waals surface area contributed by atoms with Gasteiger partial charge in [-0.2, -0.15) is 5.10 Å². The van der Waals surface area contributed by atoms with Gasteiger partial charge in [0.25, 0.3) is 11.8 Å². The average Bonchev–Trinajstić information content (AvgIpc) is 3.60. The molecule has 1 fully saturated rings. The lowest BCUT2D eigenvalue weighted by atomic mass is 10.1. The van der Waals surface area contributed by atoms with E-state index in [1.165, 1.54) is 6.26 Å². The molecule has 0 radical (unpaired) electrons. The predicted octanol–water partition coefficient (Wildman–Crippen LogP) is 3.78. The van der Waals surface area contributed by atoms with Crippen LogP contribution in [0.2, 0.25) is 0 Å². The second-order valence-electron chi connectivity index (χ2n) is 7.97. The molecule has 34 heavy (non-hydrogen) atoms. The summed E-state index contributed by atoms with van der Waals surface area (Å²) in [5.74, 6) is 0.722. The van der Waals surface area contributed by atoms with E-state index in [1.807, 2.05) is 42.5 Å². The molecule has 2 amide bonds. The first kappa shape index (κ1) is 21.5. The van der Waals surface area contributed by atoms with Crippen LogP contribution >= 0.6 is 0 Å². The van der Waals surface area contributed by atoms with Crippen LogP contribution in [0.4, 0.5) is 0 Å². The van der Waals surface area contributed by atoms with Gasteiger partial charge in [-0.1, -0.05) is 42.5 Å². The maximum atomic E-state index is 12.9. The Bertz CT molecular complexity index is 1240. The topological polar surface area (TPSA) is 80.8 Å². The molecule has 3 heterocycles. The Morgan fingerprint density at radius 1 is 0.794 bits per heavy atom. The number of carbonyl (C=O) groups excluding carboxylic acids is 2. The van der Waals surface area contributed by atoms with E-state index >= 15 is 0 Å². The number of nitrogens with zero attached hydrogens (tertiary/aromatic N) is 4. The van der Waals surface area contributed by atoms with E-state index < -0.39 is 0 Å². The predicted molar refractivity (Wildman–Crippen MR) is 125 cm³/mol. The highest BCUT2D eigenvalue weighted by atomic mass is 16.5. The number of ether oxygens (including phenoxy) is 1. The molecule has 1 saturated heterocycles. The third-order valence-electron chi connectivity index (χ3n) is 5.77. The number of rotatable bonds is 6. The van der Waals surface area contributed by atoms with Crippen LogP contribution in [-0.4, -0.2) is 57.6 Å². The lowest BCUT2D eigenvalue weighted by molar-refractivity contribution is 0.0514. The minimum Gasteiger partial charge on any atom is -0.471 e. The zero-order valence-corrected chi connectivity index (χ0v) is 18.5. The van der Waals surface area contributed by atoms with Gasteiger partial charge in [0, 0.05) is 32.4 Å². The molecule has 8 heteroatoms. The Morgan fingerprint density at radius 2 is 1.47 bits per heavy atom. The van der Waals surface area contributed by atoms with Crippen molar-refractivity contribution >= 4 is 11.8 Å². The van der Waals surface area contributed by atoms with Crippen LogP contribution in [0.5, 0.6) is 5.75 Å². The van der Waals surface area contributed by atoms with Crippen LogP contribution in [0.1, 0.15) is 21.0 Å². The molecule has 0 bridgehead atoms. The second-order valence-corrected chi connectivity index (χ2v) is 7.97. The zero-order chi connectivity index (χ0) is 23.3. The average molecular weight is 457 g/mol. The minimum atomic E-state index is -0.157. The monoisotopic (exact) mass is 456 g/mol. The molecule has 0 spiro atoms. The lowest BCUT2D eigenvalue weighted by Gasteiger charge is -2.33. The summed E-state index contributed by atoms with van der Waals surface area (Å²) in [4.78, 5) is 28.6. The van der Waals surface area contributed by atoms with Crippen molar-refractivity contribution in [1.29, 1.82) is 0 Å². The molecule has 0 unspecified atom stereocenters. The van der Waals surface area contributed by atoms with Crippen LogP contribution in [0.15, 0.2) is 89.7 Å². The van der Waals surface area contributed by atoms with Crippen molar-refractivity contribution in [3.8, 4) is 16.9 Å². The molecule has 1 aliphatic rings. The molecular formula is C26H24N4O4. The number of hydrogen-bond acceptors (Lipinski definition) is 5. The number of hydrogen-bond donors (Lipinski definition) is 0. The van der Waals surface area contributed by atoms with Crippen molar-refractivity contribution < 1.29 is 18.7 Å². The maximum Gasteiger partial charge on any atom is 0.289 e. The smallest absolute Gasteiger partial charge is 0.289 e. The number of aromatic nitrogens is 2. The Kier molecular flexibility index (Phi) is 6.11. The molecule has 0 N–H and O–H groups in total. The molecule has 2 aromatic heterocycles. The van der Waals surface area contributed by atoms with Crippen molar-refractivity contribution in [3.63, 3.8) is 0 Å². The fourth-order valence-corrected chi connectivity index (χ4v) is 3.89. The summed E-state index contributed by atoms with van der Waals surface area (Å²) in [5.41, 5.74) is 2.62. The van der Waals surface area contributed by atoms with Gasteiger partial charge in [0.2, 0.25) is 0 Å². The van der Waals surface area contributed by atoms with E-state index in [9.17, 15) is 9.59 Å². The van der Waals surface area contributed by atoms with Gasteiger partial charge in [-0.05, 0) is 41.5 Å². The normalized spacial score (nSPS) is 13.6. The van der Waals surface area contributed by atoms with Crippen molar-refractivity contribution in [2.45, 2.75) is 6.73 Å². The lowest BCUT2D eigenvalue weighted by Crippen LogP contribution is -2.50. The van der Waals surface area contributed by atoms with Crippen molar-refractivity contribution in [2.75, 3.05) is 26.2 Å². The molecule has 4 aromatic rings. The van der Waals surface area contributed by atoms with Crippen molar-refractivity contribution in [3.05, 3.63) is 96.7 Å². The van der Waals surface area contributed by atoms with Gasteiger partial charge in [0.15, 0.2) is 18.2 Å². The first-order valence-corrected chi connectivity index (χ1v) is 11.1. The standard InChI is InChI=1S/C26H24N4O4/c31-25(28-14-16-29(17-15-28)26(32)24-7-4-18-33-24)23-12-13-30(27-23)19-34-22-10-8-21(9-11-22)20-5-2-1-3-6-20/h1-13,18H,14-17,19H2. The van der Waals surface area contributed by atoms with Crippen LogP contribution in [0.3, 0.4) is 0 Å². The third kappa shape index (κ3) is 4.71. The molecule has 5 rings (SSSR count). The van der Waals surface area contributed by atoms with Gasteiger partial charge in [0.05, 0.1) is 6.26 Å². The van der Waals surface area contributed by atoms with Crippen LogP contribution in [0.25, 0.3) is 11.1 Å². The Balaban J connectivity index is 1.13. The van der Waals surface area contributed by atoms with Gasteiger partial charge < -0.3 is 19.0 Å². The van der Waals surface area contributed by atoms with E-state index in [4.69, 9.17) is 9.15 Å². The highest BCUT2D eigenvalue weighted by Crippen LogP contribution is 2.22. The highest BCUT2D eigenvalue weighted by Gasteiger charge is 2.27. The fraction of sp³-hybridized carbons (Fsp3) is 0.192. The number of benzene rings is 2. The fourth-order valence-electron chi connectivity index (χ4n) is 3.89. The summed E-state index contributed by atoms with van der Waals surface area (Å²) in [6, 6.07) is 23.0. The summed E-state index contributed by atoms with van der Waals surface area (Å²) in [6.07, 6.45) is 3.20. The first-order chi connectivity index (χ1) is 16.7.